The molecule has 0 bridgehead atoms. The third kappa shape index (κ3) is 4.10. The van der Waals surface area contributed by atoms with Crippen molar-refractivity contribution in [2.24, 2.45) is 22.9 Å². The average molecular weight is 286 g/mol. The molecule has 0 aliphatic carbocycles. The highest BCUT2D eigenvalue weighted by Gasteiger charge is 2.26. The van der Waals surface area contributed by atoms with Crippen molar-refractivity contribution in [2.75, 3.05) is 13.2 Å². The maximum atomic E-state index is 6.08. The van der Waals surface area contributed by atoms with Crippen LogP contribution in [0.5, 0.6) is 0 Å². The molecule has 0 aliphatic heterocycles. The first-order valence-corrected chi connectivity index (χ1v) is 6.76. The van der Waals surface area contributed by atoms with E-state index in [4.69, 9.17) is 27.7 Å². The van der Waals surface area contributed by atoms with Crippen LogP contribution in [0.2, 0.25) is 0 Å². The fraction of sp³-hybridized carbons (Fsp3) is 0.250. The summed E-state index contributed by atoms with van der Waals surface area (Å²) >= 11 is 0. The molecule has 0 atom stereocenters. The normalized spacial score (nSPS) is 12.4. The second kappa shape index (κ2) is 6.34. The molecule has 21 heavy (non-hydrogen) atoms. The Bertz CT molecular complexity index is 504. The van der Waals surface area contributed by atoms with Gasteiger partial charge >= 0.3 is 0 Å². The van der Waals surface area contributed by atoms with Crippen LogP contribution in [-0.2, 0) is 16.1 Å². The number of ether oxygens (including phenoxy) is 1. The lowest BCUT2D eigenvalue weighted by molar-refractivity contribution is 0.0498. The van der Waals surface area contributed by atoms with E-state index in [1.807, 2.05) is 60.7 Å². The molecule has 0 aliphatic rings. The quantitative estimate of drug-likeness (QED) is 0.579. The Morgan fingerprint density at radius 3 is 1.29 bits per heavy atom. The van der Waals surface area contributed by atoms with E-state index < -0.39 is 11.3 Å². The van der Waals surface area contributed by atoms with Gasteiger partial charge in [-0.25, -0.2) is 0 Å². The van der Waals surface area contributed by atoms with Crippen molar-refractivity contribution in [2.45, 2.75) is 11.3 Å². The van der Waals surface area contributed by atoms with Gasteiger partial charge in [-0.05, 0) is 11.1 Å². The van der Waals surface area contributed by atoms with Crippen LogP contribution < -0.4 is 22.9 Å². The van der Waals surface area contributed by atoms with Gasteiger partial charge in [0.15, 0.2) is 0 Å². The molecule has 0 saturated carbocycles. The van der Waals surface area contributed by atoms with Crippen molar-refractivity contribution in [3.8, 4) is 0 Å². The highest BCUT2D eigenvalue weighted by atomic mass is 16.5. The smallest absolute Gasteiger partial charge is 0.114 e. The van der Waals surface area contributed by atoms with E-state index >= 15 is 0 Å². The molecule has 0 saturated heterocycles. The number of hydrogen-bond acceptors (Lipinski definition) is 5. The summed E-state index contributed by atoms with van der Waals surface area (Å²) in [5, 5.41) is 0. The first-order chi connectivity index (χ1) is 9.92. The van der Waals surface area contributed by atoms with Crippen LogP contribution in [0.3, 0.4) is 0 Å². The van der Waals surface area contributed by atoms with Gasteiger partial charge in [0.25, 0.3) is 0 Å². The minimum atomic E-state index is -1.08. The van der Waals surface area contributed by atoms with E-state index in [-0.39, 0.29) is 13.2 Å². The molecule has 0 radical (unpaired) electrons. The standard InChI is InChI=1S/C16H22N4O/c17-15(18,13-7-3-1-4-8-13)11-21-12-16(19,20)14-9-5-2-6-10-14/h1-10H,11-12,17-20H2. The lowest BCUT2D eigenvalue weighted by Crippen LogP contribution is -2.54. The SMILES string of the molecule is NC(N)(COCC(N)(N)c1ccccc1)c1ccccc1. The summed E-state index contributed by atoms with van der Waals surface area (Å²) in [5.41, 5.74) is 23.7. The van der Waals surface area contributed by atoms with Crippen LogP contribution in [0.25, 0.3) is 0 Å². The van der Waals surface area contributed by atoms with Crippen LogP contribution in [0.1, 0.15) is 11.1 Å². The van der Waals surface area contributed by atoms with Crippen molar-refractivity contribution in [1.82, 2.24) is 0 Å². The summed E-state index contributed by atoms with van der Waals surface area (Å²) < 4.78 is 5.57. The van der Waals surface area contributed by atoms with Gasteiger partial charge in [0.2, 0.25) is 0 Å². The lowest BCUT2D eigenvalue weighted by Gasteiger charge is -2.29. The third-order valence-corrected chi connectivity index (χ3v) is 3.30. The molecule has 5 nitrogen and oxygen atoms in total. The summed E-state index contributed by atoms with van der Waals surface area (Å²) in [6.07, 6.45) is 0. The van der Waals surface area contributed by atoms with Gasteiger partial charge < -0.3 is 27.7 Å². The Morgan fingerprint density at radius 2 is 0.952 bits per heavy atom. The Kier molecular flexibility index (Phi) is 4.72. The third-order valence-electron chi connectivity index (χ3n) is 3.30. The van der Waals surface area contributed by atoms with Crippen LogP contribution in [-0.4, -0.2) is 13.2 Å². The molecular weight excluding hydrogens is 264 g/mol. The number of hydrogen-bond donors (Lipinski definition) is 4. The summed E-state index contributed by atoms with van der Waals surface area (Å²) in [5.74, 6) is 0. The maximum Gasteiger partial charge on any atom is 0.114 e. The van der Waals surface area contributed by atoms with Gasteiger partial charge in [0.1, 0.15) is 11.3 Å². The molecule has 0 amide bonds. The van der Waals surface area contributed by atoms with Crippen molar-refractivity contribution >= 4 is 0 Å². The molecule has 0 aromatic heterocycles. The van der Waals surface area contributed by atoms with E-state index in [0.717, 1.165) is 11.1 Å². The molecule has 8 N–H and O–H groups in total. The van der Waals surface area contributed by atoms with Crippen LogP contribution in [0, 0.1) is 0 Å². The Morgan fingerprint density at radius 1 is 0.619 bits per heavy atom. The van der Waals surface area contributed by atoms with Crippen LogP contribution in [0.15, 0.2) is 60.7 Å². The van der Waals surface area contributed by atoms with E-state index in [9.17, 15) is 0 Å². The molecule has 2 aromatic carbocycles. The summed E-state index contributed by atoms with van der Waals surface area (Å²) in [7, 11) is 0. The molecule has 2 aromatic rings. The summed E-state index contributed by atoms with van der Waals surface area (Å²) in [6.45, 7) is 0.250. The molecule has 2 rings (SSSR count). The van der Waals surface area contributed by atoms with Gasteiger partial charge in [-0.3, -0.25) is 0 Å². The molecule has 0 heterocycles. The first kappa shape index (κ1) is 15.6. The number of nitrogens with two attached hydrogens (primary N) is 4. The highest BCUT2D eigenvalue weighted by molar-refractivity contribution is 5.23. The minimum Gasteiger partial charge on any atom is -0.374 e. The van der Waals surface area contributed by atoms with Crippen LogP contribution in [0.4, 0.5) is 0 Å². The zero-order valence-electron chi connectivity index (χ0n) is 11.9. The predicted molar refractivity (Wildman–Crippen MR) is 83.8 cm³/mol. The maximum absolute atomic E-state index is 6.08. The zero-order valence-corrected chi connectivity index (χ0v) is 11.9. The first-order valence-electron chi connectivity index (χ1n) is 6.76. The molecule has 0 fully saturated rings. The van der Waals surface area contributed by atoms with Gasteiger partial charge in [0.05, 0.1) is 13.2 Å². The molecule has 5 heteroatoms. The monoisotopic (exact) mass is 286 g/mol. The van der Waals surface area contributed by atoms with Crippen molar-refractivity contribution in [3.63, 3.8) is 0 Å². The number of rotatable bonds is 6. The second-order valence-electron chi connectivity index (χ2n) is 5.31. The Balaban J connectivity index is 1.95. The molecular formula is C16H22N4O. The minimum absolute atomic E-state index is 0.125. The molecule has 112 valence electrons. The summed E-state index contributed by atoms with van der Waals surface area (Å²) in [6, 6.07) is 18.8. The number of benzene rings is 2. The van der Waals surface area contributed by atoms with Crippen molar-refractivity contribution in [3.05, 3.63) is 71.8 Å². The van der Waals surface area contributed by atoms with Gasteiger partial charge in [-0.1, -0.05) is 60.7 Å². The largest absolute Gasteiger partial charge is 0.374 e. The topological polar surface area (TPSA) is 113 Å². The average Bonchev–Trinajstić information content (AvgIpc) is 2.49. The van der Waals surface area contributed by atoms with Gasteiger partial charge in [-0.2, -0.15) is 0 Å². The zero-order chi connectivity index (χ0) is 15.3. The highest BCUT2D eigenvalue weighted by Crippen LogP contribution is 2.15. The van der Waals surface area contributed by atoms with E-state index in [1.165, 1.54) is 0 Å². The van der Waals surface area contributed by atoms with Crippen molar-refractivity contribution < 1.29 is 4.74 Å². The Hall–Kier alpha value is -1.76. The predicted octanol–water partition coefficient (Wildman–Crippen LogP) is 0.544. The van der Waals surface area contributed by atoms with Gasteiger partial charge in [0, 0.05) is 0 Å². The summed E-state index contributed by atoms with van der Waals surface area (Å²) in [4.78, 5) is 0. The fourth-order valence-corrected chi connectivity index (χ4v) is 2.05. The fourth-order valence-electron chi connectivity index (χ4n) is 2.05. The van der Waals surface area contributed by atoms with Crippen LogP contribution >= 0.6 is 0 Å². The molecule has 0 spiro atoms. The lowest BCUT2D eigenvalue weighted by atomic mass is 10.0. The van der Waals surface area contributed by atoms with Gasteiger partial charge in [-0.15, -0.1) is 0 Å². The molecule has 0 unspecified atom stereocenters. The second-order valence-corrected chi connectivity index (χ2v) is 5.31. The van der Waals surface area contributed by atoms with E-state index in [1.54, 1.807) is 0 Å². The Labute approximate surface area is 124 Å². The van der Waals surface area contributed by atoms with E-state index in [0.29, 0.717) is 0 Å². The van der Waals surface area contributed by atoms with Crippen molar-refractivity contribution in [1.29, 1.82) is 0 Å². The van der Waals surface area contributed by atoms with E-state index in [2.05, 4.69) is 0 Å².